The first-order valence-corrected chi connectivity index (χ1v) is 9.07. The molecule has 3 rings (SSSR count). The Bertz CT molecular complexity index is 823. The van der Waals surface area contributed by atoms with Gasteiger partial charge in [-0.25, -0.2) is 4.31 Å². The Kier molecular flexibility index (Phi) is 4.31. The number of nitrogens with zero attached hydrogens (tertiary/aromatic N) is 3. The van der Waals surface area contributed by atoms with Crippen LogP contribution in [0, 0.1) is 0 Å². The number of benzene rings is 1. The molecule has 0 N–H and O–H groups in total. The fraction of sp³-hybridized carbons (Fsp3) is 0.375. The van der Waals surface area contributed by atoms with Crippen LogP contribution in [0.15, 0.2) is 40.4 Å². The number of carbonyl (C=O) groups excluding carboxylic acids is 1. The number of para-hydroxylation sites is 1. The van der Waals surface area contributed by atoms with E-state index in [1.165, 1.54) is 20.2 Å². The Morgan fingerprint density at radius 2 is 1.88 bits per heavy atom. The molecule has 0 radical (unpaired) electrons. The smallest absolute Gasteiger partial charge is 0.345 e. The molecule has 0 aromatic heterocycles. The maximum atomic E-state index is 12.7. The molecule has 0 unspecified atom stereocenters. The SMILES string of the molecule is COc1ccccc1C1=NS(=O)(=O)N(C)C(C(=O)N2CCCC2)=C1. The average molecular weight is 349 g/mol. The summed E-state index contributed by atoms with van der Waals surface area (Å²) in [5.41, 5.74) is 0.837. The predicted octanol–water partition coefficient (Wildman–Crippen LogP) is 1.18. The highest BCUT2D eigenvalue weighted by Gasteiger charge is 2.33. The van der Waals surface area contributed by atoms with E-state index in [1.807, 2.05) is 0 Å². The van der Waals surface area contributed by atoms with Gasteiger partial charge in [0.2, 0.25) is 0 Å². The normalized spacial score (nSPS) is 19.8. The van der Waals surface area contributed by atoms with E-state index >= 15 is 0 Å². The topological polar surface area (TPSA) is 79.3 Å². The van der Waals surface area contributed by atoms with Gasteiger partial charge in [0.1, 0.15) is 11.4 Å². The first-order valence-electron chi connectivity index (χ1n) is 7.67. The first kappa shape index (κ1) is 16.5. The molecule has 0 spiro atoms. The minimum absolute atomic E-state index is 0.104. The molecule has 1 aromatic carbocycles. The van der Waals surface area contributed by atoms with Crippen LogP contribution in [0.5, 0.6) is 5.75 Å². The molecule has 0 atom stereocenters. The Hall–Kier alpha value is -2.35. The zero-order chi connectivity index (χ0) is 17.3. The van der Waals surface area contributed by atoms with Crippen molar-refractivity contribution in [2.24, 2.45) is 4.40 Å². The molecule has 0 bridgehead atoms. The molecule has 1 aromatic rings. The summed E-state index contributed by atoms with van der Waals surface area (Å²) in [4.78, 5) is 14.4. The van der Waals surface area contributed by atoms with Gasteiger partial charge in [0.05, 0.1) is 12.8 Å². The average Bonchev–Trinajstić information content (AvgIpc) is 3.11. The maximum absolute atomic E-state index is 12.7. The second-order valence-corrected chi connectivity index (χ2v) is 7.28. The lowest BCUT2D eigenvalue weighted by atomic mass is 10.1. The maximum Gasteiger partial charge on any atom is 0.345 e. The zero-order valence-electron chi connectivity index (χ0n) is 13.6. The largest absolute Gasteiger partial charge is 0.496 e. The Balaban J connectivity index is 2.07. The van der Waals surface area contributed by atoms with E-state index in [-0.39, 0.29) is 17.3 Å². The van der Waals surface area contributed by atoms with Gasteiger partial charge in [0.15, 0.2) is 0 Å². The second-order valence-electron chi connectivity index (χ2n) is 5.65. The number of hydrogen-bond acceptors (Lipinski definition) is 4. The number of carbonyl (C=O) groups is 1. The number of ether oxygens (including phenoxy) is 1. The molecule has 8 heteroatoms. The van der Waals surface area contributed by atoms with Crippen LogP contribution in [0.3, 0.4) is 0 Å². The van der Waals surface area contributed by atoms with E-state index in [4.69, 9.17) is 4.74 Å². The monoisotopic (exact) mass is 349 g/mol. The predicted molar refractivity (Wildman–Crippen MR) is 90.1 cm³/mol. The second kappa shape index (κ2) is 6.27. The molecular weight excluding hydrogens is 330 g/mol. The molecule has 24 heavy (non-hydrogen) atoms. The number of rotatable bonds is 3. The first-order chi connectivity index (χ1) is 11.4. The highest BCUT2D eigenvalue weighted by atomic mass is 32.2. The Labute approximate surface area is 141 Å². The van der Waals surface area contributed by atoms with Crippen LogP contribution in [-0.4, -0.2) is 56.5 Å². The minimum atomic E-state index is -3.96. The highest BCUT2D eigenvalue weighted by molar-refractivity contribution is 7.88. The number of hydrogen-bond donors (Lipinski definition) is 0. The molecule has 0 aliphatic carbocycles. The van der Waals surface area contributed by atoms with E-state index in [0.717, 1.165) is 17.1 Å². The Morgan fingerprint density at radius 3 is 2.54 bits per heavy atom. The molecule has 1 amide bonds. The van der Waals surface area contributed by atoms with Gasteiger partial charge in [-0.1, -0.05) is 12.1 Å². The molecule has 2 aliphatic heterocycles. The van der Waals surface area contributed by atoms with Gasteiger partial charge >= 0.3 is 10.2 Å². The van der Waals surface area contributed by atoms with Crippen LogP contribution in [0.1, 0.15) is 18.4 Å². The third-order valence-electron chi connectivity index (χ3n) is 4.17. The van der Waals surface area contributed by atoms with Crippen LogP contribution in [-0.2, 0) is 15.0 Å². The fourth-order valence-electron chi connectivity index (χ4n) is 2.82. The van der Waals surface area contributed by atoms with Gasteiger partial charge in [-0.3, -0.25) is 4.79 Å². The molecule has 1 saturated heterocycles. The molecule has 2 heterocycles. The van der Waals surface area contributed by atoms with Crippen molar-refractivity contribution in [1.82, 2.24) is 9.21 Å². The molecular formula is C16H19N3O4S. The third-order valence-corrected chi connectivity index (χ3v) is 5.48. The van der Waals surface area contributed by atoms with E-state index in [9.17, 15) is 13.2 Å². The molecule has 7 nitrogen and oxygen atoms in total. The van der Waals surface area contributed by atoms with Crippen LogP contribution >= 0.6 is 0 Å². The van der Waals surface area contributed by atoms with Crippen LogP contribution in [0.2, 0.25) is 0 Å². The summed E-state index contributed by atoms with van der Waals surface area (Å²) in [6.45, 7) is 1.29. The molecule has 1 fully saturated rings. The molecule has 2 aliphatic rings. The van der Waals surface area contributed by atoms with Crippen molar-refractivity contribution >= 4 is 21.8 Å². The van der Waals surface area contributed by atoms with Crippen molar-refractivity contribution in [3.63, 3.8) is 0 Å². The van der Waals surface area contributed by atoms with Gasteiger partial charge in [0.25, 0.3) is 5.91 Å². The minimum Gasteiger partial charge on any atom is -0.496 e. The summed E-state index contributed by atoms with van der Waals surface area (Å²) >= 11 is 0. The summed E-state index contributed by atoms with van der Waals surface area (Å²) in [7, 11) is -1.11. The van der Waals surface area contributed by atoms with Gasteiger partial charge in [0, 0.05) is 25.7 Å². The molecule has 0 saturated carbocycles. The van der Waals surface area contributed by atoms with E-state index in [0.29, 0.717) is 24.4 Å². The number of allylic oxidation sites excluding steroid dienone is 1. The van der Waals surface area contributed by atoms with Gasteiger partial charge in [-0.05, 0) is 31.1 Å². The van der Waals surface area contributed by atoms with E-state index in [2.05, 4.69) is 4.40 Å². The van der Waals surface area contributed by atoms with Crippen molar-refractivity contribution < 1.29 is 17.9 Å². The summed E-state index contributed by atoms with van der Waals surface area (Å²) < 4.78 is 34.8. The van der Waals surface area contributed by atoms with Crippen LogP contribution in [0.4, 0.5) is 0 Å². The summed E-state index contributed by atoms with van der Waals surface area (Å²) in [5, 5.41) is 0. The lowest BCUT2D eigenvalue weighted by Crippen LogP contribution is -2.39. The number of likely N-dealkylation sites (tertiary alicyclic amines) is 1. The fourth-order valence-corrected chi connectivity index (χ4v) is 3.72. The van der Waals surface area contributed by atoms with Gasteiger partial charge < -0.3 is 9.64 Å². The third kappa shape index (κ3) is 2.89. The quantitative estimate of drug-likeness (QED) is 0.821. The molecule has 128 valence electrons. The van der Waals surface area contributed by atoms with E-state index < -0.39 is 10.2 Å². The highest BCUT2D eigenvalue weighted by Crippen LogP contribution is 2.26. The number of likely N-dealkylation sites (N-methyl/N-ethyl adjacent to an activating group) is 1. The van der Waals surface area contributed by atoms with Crippen molar-refractivity contribution in [3.05, 3.63) is 41.6 Å². The summed E-state index contributed by atoms with van der Waals surface area (Å²) in [6, 6.07) is 6.99. The van der Waals surface area contributed by atoms with Crippen molar-refractivity contribution in [1.29, 1.82) is 0 Å². The summed E-state index contributed by atoms with van der Waals surface area (Å²) in [5.74, 6) is 0.209. The van der Waals surface area contributed by atoms with E-state index in [1.54, 1.807) is 29.2 Å². The summed E-state index contributed by atoms with van der Waals surface area (Å²) in [6.07, 6.45) is 3.38. The van der Waals surface area contributed by atoms with Crippen molar-refractivity contribution in [3.8, 4) is 5.75 Å². The van der Waals surface area contributed by atoms with Gasteiger partial charge in [-0.15, -0.1) is 4.40 Å². The Morgan fingerprint density at radius 1 is 1.21 bits per heavy atom. The standard InChI is InChI=1S/C16H19N3O4S/c1-18-14(16(20)19-9-5-6-10-19)11-13(17-24(18,21)22)12-7-3-4-8-15(12)23-2/h3-4,7-8,11H,5-6,9-10H2,1-2H3. The lowest BCUT2D eigenvalue weighted by Gasteiger charge is -2.27. The zero-order valence-corrected chi connectivity index (χ0v) is 14.4. The van der Waals surface area contributed by atoms with Crippen LogP contribution < -0.4 is 4.74 Å². The van der Waals surface area contributed by atoms with Crippen molar-refractivity contribution in [2.75, 3.05) is 27.2 Å². The van der Waals surface area contributed by atoms with Crippen molar-refractivity contribution in [2.45, 2.75) is 12.8 Å². The lowest BCUT2D eigenvalue weighted by molar-refractivity contribution is -0.127. The number of methoxy groups -OCH3 is 1. The van der Waals surface area contributed by atoms with Gasteiger partial charge in [-0.2, -0.15) is 8.42 Å². The van der Waals surface area contributed by atoms with Crippen LogP contribution in [0.25, 0.3) is 0 Å². The number of amides is 1.